The van der Waals surface area contributed by atoms with Crippen molar-refractivity contribution in [1.82, 2.24) is 4.98 Å². The fourth-order valence-corrected chi connectivity index (χ4v) is 3.03. The van der Waals surface area contributed by atoms with Crippen molar-refractivity contribution in [3.8, 4) is 0 Å². The molecule has 0 saturated carbocycles. The quantitative estimate of drug-likeness (QED) is 0.903. The van der Waals surface area contributed by atoms with Crippen molar-refractivity contribution in [3.63, 3.8) is 0 Å². The Morgan fingerprint density at radius 1 is 1.53 bits per heavy atom. The Morgan fingerprint density at radius 2 is 2.33 bits per heavy atom. The molecule has 0 bridgehead atoms. The predicted octanol–water partition coefficient (Wildman–Crippen LogP) is 2.64. The number of pyridine rings is 1. The van der Waals surface area contributed by atoms with E-state index in [1.54, 1.807) is 6.20 Å². The van der Waals surface area contributed by atoms with Crippen molar-refractivity contribution in [2.75, 3.05) is 13.2 Å². The highest BCUT2D eigenvalue weighted by Gasteiger charge is 2.30. The Kier molecular flexibility index (Phi) is 3.77. The van der Waals surface area contributed by atoms with Gasteiger partial charge in [0.15, 0.2) is 0 Å². The maximum Gasteiger partial charge on any atom is 0.105 e. The van der Waals surface area contributed by atoms with Crippen LogP contribution in [0.15, 0.2) is 21.2 Å². The van der Waals surface area contributed by atoms with Crippen molar-refractivity contribution >= 4 is 31.9 Å². The summed E-state index contributed by atoms with van der Waals surface area (Å²) in [5.74, 6) is 0.384. The number of nitrogens with two attached hydrogens (primary N) is 1. The number of nitrogens with zero attached hydrogens (tertiary/aromatic N) is 1. The zero-order valence-corrected chi connectivity index (χ0v) is 11.3. The molecule has 5 heteroatoms. The largest absolute Gasteiger partial charge is 0.372 e. The standard InChI is InChI=1S/C10H12Br2N2O/c11-7-3-8(12)9(14-5-7)10-6(4-13)1-2-15-10/h3,5-6,10H,1-2,4,13H2. The first-order valence-corrected chi connectivity index (χ1v) is 6.43. The molecular weight excluding hydrogens is 324 g/mol. The van der Waals surface area contributed by atoms with Crippen LogP contribution in [0.2, 0.25) is 0 Å². The molecule has 2 N–H and O–H groups in total. The van der Waals surface area contributed by atoms with Gasteiger partial charge < -0.3 is 10.5 Å². The molecule has 0 aromatic carbocycles. The van der Waals surface area contributed by atoms with Gasteiger partial charge >= 0.3 is 0 Å². The van der Waals surface area contributed by atoms with Gasteiger partial charge in [-0.2, -0.15) is 0 Å². The number of ether oxygens (including phenoxy) is 1. The molecule has 2 heterocycles. The van der Waals surface area contributed by atoms with E-state index < -0.39 is 0 Å². The molecule has 1 saturated heterocycles. The molecule has 1 aliphatic heterocycles. The topological polar surface area (TPSA) is 48.1 Å². The molecule has 0 spiro atoms. The zero-order valence-electron chi connectivity index (χ0n) is 8.12. The van der Waals surface area contributed by atoms with E-state index in [9.17, 15) is 0 Å². The van der Waals surface area contributed by atoms with Crippen LogP contribution < -0.4 is 5.73 Å². The van der Waals surface area contributed by atoms with Gasteiger partial charge in [0.1, 0.15) is 6.10 Å². The van der Waals surface area contributed by atoms with Gasteiger partial charge in [-0.25, -0.2) is 0 Å². The minimum Gasteiger partial charge on any atom is -0.372 e. The molecule has 82 valence electrons. The molecule has 2 unspecified atom stereocenters. The van der Waals surface area contributed by atoms with Crippen LogP contribution in [0.25, 0.3) is 0 Å². The van der Waals surface area contributed by atoms with Crippen molar-refractivity contribution in [3.05, 3.63) is 26.9 Å². The molecule has 2 rings (SSSR count). The second kappa shape index (κ2) is 4.91. The van der Waals surface area contributed by atoms with Gasteiger partial charge in [0.25, 0.3) is 0 Å². The van der Waals surface area contributed by atoms with Crippen LogP contribution in [-0.2, 0) is 4.74 Å². The lowest BCUT2D eigenvalue weighted by Gasteiger charge is -2.17. The molecule has 0 radical (unpaired) electrons. The summed E-state index contributed by atoms with van der Waals surface area (Å²) >= 11 is 6.88. The van der Waals surface area contributed by atoms with E-state index in [0.29, 0.717) is 12.5 Å². The van der Waals surface area contributed by atoms with Crippen molar-refractivity contribution in [2.24, 2.45) is 11.7 Å². The van der Waals surface area contributed by atoms with Crippen molar-refractivity contribution < 1.29 is 4.74 Å². The van der Waals surface area contributed by atoms with Crippen LogP contribution in [0.3, 0.4) is 0 Å². The van der Waals surface area contributed by atoms with Crippen molar-refractivity contribution in [2.45, 2.75) is 12.5 Å². The Labute approximate surface area is 106 Å². The van der Waals surface area contributed by atoms with Gasteiger partial charge in [0.05, 0.1) is 5.69 Å². The number of hydrogen-bond donors (Lipinski definition) is 1. The molecule has 1 aliphatic rings. The maximum atomic E-state index is 5.71. The SMILES string of the molecule is NCC1CCOC1c1ncc(Br)cc1Br. The fourth-order valence-electron chi connectivity index (χ4n) is 1.81. The second-order valence-electron chi connectivity index (χ2n) is 3.60. The monoisotopic (exact) mass is 334 g/mol. The Balaban J connectivity index is 2.28. The lowest BCUT2D eigenvalue weighted by molar-refractivity contribution is 0.0884. The lowest BCUT2D eigenvalue weighted by atomic mass is 9.99. The summed E-state index contributed by atoms with van der Waals surface area (Å²) in [5, 5.41) is 0. The molecule has 0 amide bonds. The average molecular weight is 336 g/mol. The number of rotatable bonds is 2. The highest BCUT2D eigenvalue weighted by molar-refractivity contribution is 9.11. The summed E-state index contributed by atoms with van der Waals surface area (Å²) in [6, 6.07) is 1.98. The van der Waals surface area contributed by atoms with Crippen LogP contribution in [0.5, 0.6) is 0 Å². The number of aromatic nitrogens is 1. The summed E-state index contributed by atoms with van der Waals surface area (Å²) in [4.78, 5) is 4.38. The van der Waals surface area contributed by atoms with E-state index >= 15 is 0 Å². The van der Waals surface area contributed by atoms with Crippen LogP contribution in [0, 0.1) is 5.92 Å². The average Bonchev–Trinajstić information content (AvgIpc) is 2.65. The van der Waals surface area contributed by atoms with E-state index in [4.69, 9.17) is 10.5 Å². The van der Waals surface area contributed by atoms with Crippen LogP contribution in [0.4, 0.5) is 0 Å². The molecule has 15 heavy (non-hydrogen) atoms. The van der Waals surface area contributed by atoms with Crippen LogP contribution in [0.1, 0.15) is 18.2 Å². The summed E-state index contributed by atoms with van der Waals surface area (Å²) in [6.45, 7) is 1.42. The van der Waals surface area contributed by atoms with Gasteiger partial charge in [-0.05, 0) is 50.9 Å². The molecule has 0 aliphatic carbocycles. The van der Waals surface area contributed by atoms with E-state index in [-0.39, 0.29) is 6.10 Å². The minimum atomic E-state index is 0.0393. The second-order valence-corrected chi connectivity index (χ2v) is 5.37. The fraction of sp³-hybridized carbons (Fsp3) is 0.500. The molecule has 1 aromatic rings. The molecule has 3 nitrogen and oxygen atoms in total. The summed E-state index contributed by atoms with van der Waals surface area (Å²) in [6.07, 6.45) is 2.85. The Hall–Kier alpha value is 0.0300. The first-order chi connectivity index (χ1) is 7.22. The highest BCUT2D eigenvalue weighted by atomic mass is 79.9. The maximum absolute atomic E-state index is 5.71. The van der Waals surface area contributed by atoms with Gasteiger partial charge in [0.2, 0.25) is 0 Å². The van der Waals surface area contributed by atoms with Gasteiger partial charge in [-0.15, -0.1) is 0 Å². The molecular formula is C10H12Br2N2O. The minimum absolute atomic E-state index is 0.0393. The predicted molar refractivity (Wildman–Crippen MR) is 65.5 cm³/mol. The first kappa shape index (κ1) is 11.5. The Morgan fingerprint density at radius 3 is 3.00 bits per heavy atom. The first-order valence-electron chi connectivity index (χ1n) is 4.85. The highest BCUT2D eigenvalue weighted by Crippen LogP contribution is 2.36. The summed E-state index contributed by atoms with van der Waals surface area (Å²) in [7, 11) is 0. The van der Waals surface area contributed by atoms with E-state index in [1.807, 2.05) is 6.07 Å². The molecule has 1 aromatic heterocycles. The smallest absolute Gasteiger partial charge is 0.105 e. The van der Waals surface area contributed by atoms with Gasteiger partial charge in [-0.1, -0.05) is 0 Å². The molecule has 2 atom stereocenters. The third-order valence-electron chi connectivity index (χ3n) is 2.62. The summed E-state index contributed by atoms with van der Waals surface area (Å²) < 4.78 is 7.61. The van der Waals surface area contributed by atoms with E-state index in [0.717, 1.165) is 27.7 Å². The Bertz CT molecular complexity index is 359. The summed E-state index contributed by atoms with van der Waals surface area (Å²) in [5.41, 5.74) is 6.66. The lowest BCUT2D eigenvalue weighted by Crippen LogP contribution is -2.19. The van der Waals surface area contributed by atoms with Crippen LogP contribution >= 0.6 is 31.9 Å². The van der Waals surface area contributed by atoms with Gasteiger partial charge in [0, 0.05) is 27.7 Å². The third kappa shape index (κ3) is 2.41. The van der Waals surface area contributed by atoms with Crippen molar-refractivity contribution in [1.29, 1.82) is 0 Å². The van der Waals surface area contributed by atoms with Crippen LogP contribution in [-0.4, -0.2) is 18.1 Å². The third-order valence-corrected chi connectivity index (χ3v) is 3.69. The van der Waals surface area contributed by atoms with E-state index in [2.05, 4.69) is 36.8 Å². The normalized spacial score (nSPS) is 25.8. The van der Waals surface area contributed by atoms with E-state index in [1.165, 1.54) is 0 Å². The van der Waals surface area contributed by atoms with Gasteiger partial charge in [-0.3, -0.25) is 4.98 Å². The zero-order chi connectivity index (χ0) is 10.8. The number of hydrogen-bond acceptors (Lipinski definition) is 3. The molecule has 1 fully saturated rings. The number of halogens is 2.